The fraction of sp³-hybridized carbons (Fsp3) is 0.190. The van der Waals surface area contributed by atoms with Gasteiger partial charge in [-0.05, 0) is 48.2 Å². The lowest BCUT2D eigenvalue weighted by Gasteiger charge is -2.09. The van der Waals surface area contributed by atoms with Crippen LogP contribution in [0.25, 0.3) is 10.2 Å². The number of ether oxygens (including phenoxy) is 1. The fourth-order valence-electron chi connectivity index (χ4n) is 2.91. The zero-order chi connectivity index (χ0) is 21.3. The quantitative estimate of drug-likeness (QED) is 0.302. The molecule has 0 radical (unpaired) electrons. The molecule has 0 unspecified atom stereocenters. The summed E-state index contributed by atoms with van der Waals surface area (Å²) in [4.78, 5) is 23.7. The van der Waals surface area contributed by atoms with Crippen LogP contribution in [0.15, 0.2) is 48.8 Å². The smallest absolute Gasteiger partial charge is 0.373 e. The normalized spacial score (nSPS) is 11.1. The van der Waals surface area contributed by atoms with E-state index in [1.54, 1.807) is 12.1 Å². The van der Waals surface area contributed by atoms with Gasteiger partial charge in [0.25, 0.3) is 0 Å². The predicted molar refractivity (Wildman–Crippen MR) is 117 cm³/mol. The molecule has 4 rings (SSSR count). The number of rotatable bonds is 6. The molecule has 0 aliphatic carbocycles. The number of nitrogens with one attached hydrogen (secondary N) is 1. The Hall–Kier alpha value is -3.59. The molecule has 0 spiro atoms. The number of thiazole rings is 1. The van der Waals surface area contributed by atoms with Gasteiger partial charge in [0.2, 0.25) is 5.82 Å². The average Bonchev–Trinajstić information content (AvgIpc) is 3.09. The molecule has 4 aromatic rings. The molecule has 30 heavy (non-hydrogen) atoms. The summed E-state index contributed by atoms with van der Waals surface area (Å²) < 4.78 is 6.69. The van der Waals surface area contributed by atoms with Gasteiger partial charge in [-0.3, -0.25) is 10.1 Å². The van der Waals surface area contributed by atoms with Crippen LogP contribution in [0.1, 0.15) is 30.9 Å². The van der Waals surface area contributed by atoms with Crippen molar-refractivity contribution >= 4 is 38.2 Å². The summed E-state index contributed by atoms with van der Waals surface area (Å²) >= 11 is 1.39. The maximum atomic E-state index is 11.8. The van der Waals surface area contributed by atoms with Gasteiger partial charge in [-0.1, -0.05) is 43.4 Å². The van der Waals surface area contributed by atoms with Gasteiger partial charge in [-0.25, -0.2) is 9.97 Å². The van der Waals surface area contributed by atoms with Crippen LogP contribution < -0.4 is 10.1 Å². The molecular formula is C21H19N5O3S. The lowest BCUT2D eigenvalue weighted by Crippen LogP contribution is -2.03. The van der Waals surface area contributed by atoms with E-state index in [1.165, 1.54) is 17.7 Å². The Balaban J connectivity index is 1.66. The Morgan fingerprint density at radius 3 is 2.60 bits per heavy atom. The van der Waals surface area contributed by atoms with Crippen molar-refractivity contribution in [1.82, 2.24) is 15.0 Å². The van der Waals surface area contributed by atoms with Crippen molar-refractivity contribution in [3.05, 3.63) is 70.0 Å². The fourth-order valence-corrected chi connectivity index (χ4v) is 3.88. The van der Waals surface area contributed by atoms with Crippen molar-refractivity contribution < 1.29 is 9.66 Å². The van der Waals surface area contributed by atoms with Crippen LogP contribution in [0.3, 0.4) is 0 Å². The second-order valence-electron chi connectivity index (χ2n) is 7.07. The van der Waals surface area contributed by atoms with E-state index >= 15 is 0 Å². The van der Waals surface area contributed by atoms with Gasteiger partial charge in [0.1, 0.15) is 12.1 Å². The molecule has 0 bridgehead atoms. The summed E-state index contributed by atoms with van der Waals surface area (Å²) in [5.74, 6) is 0.731. The number of aromatic nitrogens is 3. The molecule has 2 aromatic heterocycles. The highest BCUT2D eigenvalue weighted by Crippen LogP contribution is 2.37. The number of fused-ring (bicyclic) bond motifs is 1. The van der Waals surface area contributed by atoms with E-state index in [-0.39, 0.29) is 17.4 Å². The number of benzene rings is 2. The molecular weight excluding hydrogens is 402 g/mol. The maximum Gasteiger partial charge on any atom is 0.373 e. The largest absolute Gasteiger partial charge is 0.434 e. The zero-order valence-electron chi connectivity index (χ0n) is 16.6. The molecule has 0 saturated carbocycles. The van der Waals surface area contributed by atoms with E-state index in [0.29, 0.717) is 16.8 Å². The summed E-state index contributed by atoms with van der Waals surface area (Å²) in [7, 11) is 0. The Bertz CT molecular complexity index is 1220. The minimum Gasteiger partial charge on any atom is -0.434 e. The second-order valence-corrected chi connectivity index (χ2v) is 8.10. The van der Waals surface area contributed by atoms with Crippen LogP contribution in [-0.4, -0.2) is 19.9 Å². The van der Waals surface area contributed by atoms with Crippen LogP contribution in [0.4, 0.5) is 16.6 Å². The summed E-state index contributed by atoms with van der Waals surface area (Å²) in [6.07, 6.45) is 1.23. The van der Waals surface area contributed by atoms with E-state index in [1.807, 2.05) is 37.3 Å². The summed E-state index contributed by atoms with van der Waals surface area (Å²) in [6.45, 7) is 6.18. The standard InChI is InChI=1S/C21H19N5O3S/c1-12(2)14-5-7-15(8-6-14)29-20-18(26(27)28)19(22-11-23-20)25-21-24-16-9-4-13(3)10-17(16)30-21/h4-12H,1-3H3,(H,22,23,24,25). The van der Waals surface area contributed by atoms with Gasteiger partial charge in [0.05, 0.1) is 15.1 Å². The molecule has 2 heterocycles. The minimum atomic E-state index is -0.558. The highest BCUT2D eigenvalue weighted by atomic mass is 32.1. The number of aryl methyl sites for hydroxylation is 1. The Labute approximate surface area is 176 Å². The van der Waals surface area contributed by atoms with Crippen molar-refractivity contribution in [3.63, 3.8) is 0 Å². The summed E-state index contributed by atoms with van der Waals surface area (Å²) in [5.41, 5.74) is 2.73. The van der Waals surface area contributed by atoms with Crippen molar-refractivity contribution in [1.29, 1.82) is 0 Å². The van der Waals surface area contributed by atoms with Gasteiger partial charge in [-0.15, -0.1) is 0 Å². The third-order valence-corrected chi connectivity index (χ3v) is 5.44. The predicted octanol–water partition coefficient (Wildman–Crippen LogP) is 5.96. The number of nitrogens with zero attached hydrogens (tertiary/aromatic N) is 4. The zero-order valence-corrected chi connectivity index (χ0v) is 17.4. The van der Waals surface area contributed by atoms with Crippen molar-refractivity contribution in [3.8, 4) is 11.6 Å². The molecule has 0 fully saturated rings. The Kier molecular flexibility index (Phi) is 5.28. The van der Waals surface area contributed by atoms with Gasteiger partial charge in [-0.2, -0.15) is 4.98 Å². The third kappa shape index (κ3) is 4.06. The van der Waals surface area contributed by atoms with Gasteiger partial charge in [0, 0.05) is 0 Å². The Morgan fingerprint density at radius 1 is 1.13 bits per heavy atom. The van der Waals surface area contributed by atoms with Gasteiger partial charge >= 0.3 is 11.6 Å². The van der Waals surface area contributed by atoms with E-state index in [9.17, 15) is 10.1 Å². The first-order chi connectivity index (χ1) is 14.4. The minimum absolute atomic E-state index is 0.0274. The van der Waals surface area contributed by atoms with Crippen LogP contribution in [-0.2, 0) is 0 Å². The van der Waals surface area contributed by atoms with Gasteiger partial charge < -0.3 is 10.1 Å². The second kappa shape index (κ2) is 8.03. The van der Waals surface area contributed by atoms with Crippen LogP contribution in [0, 0.1) is 17.0 Å². The van der Waals surface area contributed by atoms with Gasteiger partial charge in [0.15, 0.2) is 5.13 Å². The number of anilines is 2. The lowest BCUT2D eigenvalue weighted by molar-refractivity contribution is -0.385. The molecule has 8 nitrogen and oxygen atoms in total. The lowest BCUT2D eigenvalue weighted by atomic mass is 10.0. The number of nitro groups is 1. The van der Waals surface area contributed by atoms with Crippen LogP contribution in [0.2, 0.25) is 0 Å². The topological polar surface area (TPSA) is 103 Å². The first kappa shape index (κ1) is 19.7. The first-order valence-electron chi connectivity index (χ1n) is 9.32. The molecule has 152 valence electrons. The molecule has 0 amide bonds. The first-order valence-corrected chi connectivity index (χ1v) is 10.1. The van der Waals surface area contributed by atoms with Crippen LogP contribution in [0.5, 0.6) is 11.6 Å². The summed E-state index contributed by atoms with van der Waals surface area (Å²) in [5, 5.41) is 15.2. The molecule has 9 heteroatoms. The maximum absolute atomic E-state index is 11.8. The molecule has 0 atom stereocenters. The van der Waals surface area contributed by atoms with E-state index in [4.69, 9.17) is 4.74 Å². The van der Waals surface area contributed by atoms with E-state index in [0.717, 1.165) is 21.3 Å². The van der Waals surface area contributed by atoms with Crippen molar-refractivity contribution in [2.45, 2.75) is 26.7 Å². The van der Waals surface area contributed by atoms with Crippen molar-refractivity contribution in [2.75, 3.05) is 5.32 Å². The monoisotopic (exact) mass is 421 g/mol. The van der Waals surface area contributed by atoms with Crippen molar-refractivity contribution in [2.24, 2.45) is 0 Å². The summed E-state index contributed by atoms with van der Waals surface area (Å²) in [6, 6.07) is 13.3. The molecule has 1 N–H and O–H groups in total. The SMILES string of the molecule is Cc1ccc2nc(Nc3ncnc(Oc4ccc(C(C)C)cc4)c3[N+](=O)[O-])sc2c1. The third-order valence-electron chi connectivity index (χ3n) is 4.50. The Morgan fingerprint density at radius 2 is 1.90 bits per heavy atom. The molecule has 0 aliphatic heterocycles. The van der Waals surface area contributed by atoms with Crippen LogP contribution >= 0.6 is 11.3 Å². The number of hydrogen-bond acceptors (Lipinski definition) is 8. The van der Waals surface area contributed by atoms with E-state index < -0.39 is 4.92 Å². The molecule has 0 aliphatic rings. The number of hydrogen-bond donors (Lipinski definition) is 1. The van der Waals surface area contributed by atoms with E-state index in [2.05, 4.69) is 34.1 Å². The average molecular weight is 421 g/mol. The molecule has 0 saturated heterocycles. The highest BCUT2D eigenvalue weighted by molar-refractivity contribution is 7.22. The molecule has 2 aromatic carbocycles. The highest BCUT2D eigenvalue weighted by Gasteiger charge is 2.26.